The summed E-state index contributed by atoms with van der Waals surface area (Å²) in [5.74, 6) is 1.67. The Hall–Kier alpha value is -1.86. The summed E-state index contributed by atoms with van der Waals surface area (Å²) >= 11 is 0. The molecule has 0 saturated carbocycles. The summed E-state index contributed by atoms with van der Waals surface area (Å²) in [7, 11) is 1.63. The molecular formula is C17H23ClN4O3. The lowest BCUT2D eigenvalue weighted by atomic mass is 9.92. The minimum atomic E-state index is -0.240. The third-order valence-electron chi connectivity index (χ3n) is 5.47. The van der Waals surface area contributed by atoms with Crippen LogP contribution in [0.2, 0.25) is 0 Å². The molecule has 8 heteroatoms. The summed E-state index contributed by atoms with van der Waals surface area (Å²) in [6.45, 7) is 5.28. The molecule has 2 aromatic heterocycles. The predicted octanol–water partition coefficient (Wildman–Crippen LogP) is 1.33. The van der Waals surface area contributed by atoms with Crippen LogP contribution in [0.3, 0.4) is 0 Å². The second-order valence-electron chi connectivity index (χ2n) is 6.92. The molecule has 0 radical (unpaired) electrons. The number of likely N-dealkylation sites (tertiary alicyclic amines) is 1. The molecule has 2 aromatic rings. The zero-order chi connectivity index (χ0) is 16.8. The van der Waals surface area contributed by atoms with Crippen LogP contribution in [0.25, 0.3) is 11.1 Å². The zero-order valence-corrected chi connectivity index (χ0v) is 15.3. The number of aryl methyl sites for hydroxylation is 2. The third kappa shape index (κ3) is 2.95. The van der Waals surface area contributed by atoms with Gasteiger partial charge in [-0.05, 0) is 44.7 Å². The van der Waals surface area contributed by atoms with Crippen molar-refractivity contribution in [1.82, 2.24) is 19.8 Å². The minimum Gasteiger partial charge on any atom is -0.442 e. The van der Waals surface area contributed by atoms with Gasteiger partial charge in [-0.1, -0.05) is 0 Å². The van der Waals surface area contributed by atoms with Crippen LogP contribution >= 0.6 is 12.4 Å². The standard InChI is InChI=1S/C17H22N4O3.ClH/c1-10-13(14-15(24-10)19-9-20(2)16(14)22)17(23)21-5-3-11-7-18-8-12(11)4-6-21;/h9,11-12,18H,3-8H2,1-2H3;1H/t11-,12+;. The normalized spacial score (nSPS) is 23.2. The van der Waals surface area contributed by atoms with E-state index >= 15 is 0 Å². The van der Waals surface area contributed by atoms with E-state index in [9.17, 15) is 9.59 Å². The summed E-state index contributed by atoms with van der Waals surface area (Å²) in [6, 6.07) is 0. The van der Waals surface area contributed by atoms with Crippen LogP contribution in [0.4, 0.5) is 0 Å². The molecule has 2 saturated heterocycles. The van der Waals surface area contributed by atoms with E-state index in [4.69, 9.17) is 4.42 Å². The molecule has 1 amide bonds. The highest BCUT2D eigenvalue weighted by atomic mass is 35.5. The van der Waals surface area contributed by atoms with Crippen LogP contribution in [-0.2, 0) is 7.05 Å². The van der Waals surface area contributed by atoms with Gasteiger partial charge >= 0.3 is 0 Å². The van der Waals surface area contributed by atoms with Crippen molar-refractivity contribution in [2.24, 2.45) is 18.9 Å². The Morgan fingerprint density at radius 1 is 1.28 bits per heavy atom. The fraction of sp³-hybridized carbons (Fsp3) is 0.588. The van der Waals surface area contributed by atoms with Gasteiger partial charge in [-0.3, -0.25) is 9.59 Å². The van der Waals surface area contributed by atoms with Gasteiger partial charge in [0.1, 0.15) is 17.5 Å². The van der Waals surface area contributed by atoms with Crippen molar-refractivity contribution in [3.8, 4) is 0 Å². The minimum absolute atomic E-state index is 0. The first-order valence-corrected chi connectivity index (χ1v) is 8.51. The first kappa shape index (κ1) is 17.9. The van der Waals surface area contributed by atoms with Gasteiger partial charge in [0.05, 0.1) is 5.56 Å². The Bertz CT molecular complexity index is 845. The molecule has 2 aliphatic rings. The molecule has 2 aliphatic heterocycles. The van der Waals surface area contributed by atoms with E-state index in [1.54, 1.807) is 14.0 Å². The number of furan rings is 1. The molecule has 0 unspecified atom stereocenters. The van der Waals surface area contributed by atoms with Crippen LogP contribution in [0.15, 0.2) is 15.5 Å². The highest BCUT2D eigenvalue weighted by molar-refractivity contribution is 6.06. The van der Waals surface area contributed by atoms with Crippen LogP contribution in [-0.4, -0.2) is 46.5 Å². The maximum Gasteiger partial charge on any atom is 0.265 e. The monoisotopic (exact) mass is 366 g/mol. The lowest BCUT2D eigenvalue weighted by Gasteiger charge is -2.20. The van der Waals surface area contributed by atoms with Crippen molar-refractivity contribution >= 4 is 29.4 Å². The summed E-state index contributed by atoms with van der Waals surface area (Å²) in [5, 5.41) is 3.74. The van der Waals surface area contributed by atoms with E-state index in [0.717, 1.165) is 39.0 Å². The van der Waals surface area contributed by atoms with Gasteiger partial charge in [-0.2, -0.15) is 0 Å². The van der Waals surface area contributed by atoms with Gasteiger partial charge in [-0.15, -0.1) is 12.4 Å². The maximum atomic E-state index is 13.1. The number of hydrogen-bond donors (Lipinski definition) is 1. The molecule has 4 heterocycles. The van der Waals surface area contributed by atoms with Gasteiger partial charge in [0.15, 0.2) is 0 Å². The fourth-order valence-electron chi connectivity index (χ4n) is 4.02. The molecule has 4 rings (SSSR count). The third-order valence-corrected chi connectivity index (χ3v) is 5.47. The highest BCUT2D eigenvalue weighted by Crippen LogP contribution is 2.29. The Morgan fingerprint density at radius 2 is 1.92 bits per heavy atom. The quantitative estimate of drug-likeness (QED) is 0.823. The summed E-state index contributed by atoms with van der Waals surface area (Å²) in [5.41, 5.74) is 0.384. The number of rotatable bonds is 1. The first-order valence-electron chi connectivity index (χ1n) is 8.51. The Kier molecular flexibility index (Phi) is 4.88. The number of amides is 1. The van der Waals surface area contributed by atoms with E-state index < -0.39 is 0 Å². The van der Waals surface area contributed by atoms with Crippen molar-refractivity contribution in [3.63, 3.8) is 0 Å². The van der Waals surface area contributed by atoms with Gasteiger partial charge < -0.3 is 19.2 Å². The zero-order valence-electron chi connectivity index (χ0n) is 14.4. The molecule has 0 bridgehead atoms. The first-order chi connectivity index (χ1) is 11.6. The van der Waals surface area contributed by atoms with E-state index in [1.165, 1.54) is 10.9 Å². The average Bonchev–Trinajstić information content (AvgIpc) is 3.09. The molecule has 7 nitrogen and oxygen atoms in total. The van der Waals surface area contributed by atoms with Crippen LogP contribution in [0.5, 0.6) is 0 Å². The number of fused-ring (bicyclic) bond motifs is 2. The van der Waals surface area contributed by atoms with E-state index in [0.29, 0.717) is 28.5 Å². The molecule has 25 heavy (non-hydrogen) atoms. The number of nitrogens with zero attached hydrogens (tertiary/aromatic N) is 3. The number of hydrogen-bond acceptors (Lipinski definition) is 5. The van der Waals surface area contributed by atoms with Crippen LogP contribution in [0, 0.1) is 18.8 Å². The van der Waals surface area contributed by atoms with Crippen LogP contribution in [0.1, 0.15) is 29.0 Å². The number of carbonyl (C=O) groups is 1. The van der Waals surface area contributed by atoms with Gasteiger partial charge in [0, 0.05) is 20.1 Å². The lowest BCUT2D eigenvalue weighted by molar-refractivity contribution is 0.0758. The number of aromatic nitrogens is 2. The summed E-state index contributed by atoms with van der Waals surface area (Å²) in [6.07, 6.45) is 3.44. The van der Waals surface area contributed by atoms with Crippen molar-refractivity contribution in [2.45, 2.75) is 19.8 Å². The molecule has 2 atom stereocenters. The van der Waals surface area contributed by atoms with Crippen molar-refractivity contribution in [1.29, 1.82) is 0 Å². The van der Waals surface area contributed by atoms with E-state index in [1.807, 2.05) is 4.90 Å². The number of carbonyl (C=O) groups excluding carboxylic acids is 1. The van der Waals surface area contributed by atoms with Gasteiger partial charge in [0.2, 0.25) is 5.71 Å². The van der Waals surface area contributed by atoms with Crippen molar-refractivity contribution in [2.75, 3.05) is 26.2 Å². The molecule has 0 aromatic carbocycles. The maximum absolute atomic E-state index is 13.1. The molecule has 0 spiro atoms. The summed E-state index contributed by atoms with van der Waals surface area (Å²) in [4.78, 5) is 31.6. The van der Waals surface area contributed by atoms with Crippen molar-refractivity contribution in [3.05, 3.63) is 28.0 Å². The SMILES string of the molecule is Cc1oc2ncn(C)c(=O)c2c1C(=O)N1CC[C@@H]2CNC[C@@H]2CC1.Cl. The Labute approximate surface area is 151 Å². The van der Waals surface area contributed by atoms with Crippen LogP contribution < -0.4 is 10.9 Å². The molecular weight excluding hydrogens is 344 g/mol. The number of nitrogens with one attached hydrogen (secondary N) is 1. The van der Waals surface area contributed by atoms with E-state index in [-0.39, 0.29) is 29.6 Å². The second-order valence-corrected chi connectivity index (χ2v) is 6.92. The Balaban J connectivity index is 0.00000182. The smallest absolute Gasteiger partial charge is 0.265 e. The molecule has 1 N–H and O–H groups in total. The molecule has 2 fully saturated rings. The lowest BCUT2D eigenvalue weighted by Crippen LogP contribution is -2.33. The van der Waals surface area contributed by atoms with Gasteiger partial charge in [-0.25, -0.2) is 4.98 Å². The highest BCUT2D eigenvalue weighted by Gasteiger charge is 2.33. The Morgan fingerprint density at radius 3 is 2.56 bits per heavy atom. The average molecular weight is 367 g/mol. The summed E-state index contributed by atoms with van der Waals surface area (Å²) < 4.78 is 6.95. The number of halogens is 1. The van der Waals surface area contributed by atoms with Crippen molar-refractivity contribution < 1.29 is 9.21 Å². The van der Waals surface area contributed by atoms with E-state index in [2.05, 4.69) is 10.3 Å². The molecule has 136 valence electrons. The topological polar surface area (TPSA) is 80.4 Å². The predicted molar refractivity (Wildman–Crippen MR) is 96.2 cm³/mol. The van der Waals surface area contributed by atoms with Gasteiger partial charge in [0.25, 0.3) is 11.5 Å². The fourth-order valence-corrected chi connectivity index (χ4v) is 4.02. The molecule has 0 aliphatic carbocycles. The second kappa shape index (κ2) is 6.80. The largest absolute Gasteiger partial charge is 0.442 e.